The Balaban J connectivity index is 2.33. The van der Waals surface area contributed by atoms with Crippen LogP contribution < -0.4 is 0 Å². The largest absolute Gasteiger partial charge is 0.243 e. The molecule has 17 heavy (non-hydrogen) atoms. The van der Waals surface area contributed by atoms with Crippen LogP contribution in [0, 0.1) is 6.92 Å². The minimum absolute atomic E-state index is 0.143. The first-order chi connectivity index (χ1) is 8.03. The Morgan fingerprint density at radius 2 is 2.06 bits per heavy atom. The highest BCUT2D eigenvalue weighted by molar-refractivity contribution is 7.99. The Morgan fingerprint density at radius 3 is 2.65 bits per heavy atom. The molecule has 1 saturated heterocycles. The fraction of sp³-hybridized carbons (Fsp3) is 0.500. The van der Waals surface area contributed by atoms with Crippen molar-refractivity contribution in [3.8, 4) is 0 Å². The minimum atomic E-state index is -3.33. The van der Waals surface area contributed by atoms with E-state index in [2.05, 4.69) is 0 Å². The standard InChI is InChI=1S/C12H17NO2S2/c1-10-5-3-4-6-12(10)17(14,15)13(2)11-7-8-16-9-11/h3-6,11H,7-9H2,1-2H3. The van der Waals surface area contributed by atoms with Gasteiger partial charge >= 0.3 is 0 Å². The van der Waals surface area contributed by atoms with Crippen LogP contribution in [0.3, 0.4) is 0 Å². The van der Waals surface area contributed by atoms with Crippen molar-refractivity contribution in [2.75, 3.05) is 18.6 Å². The van der Waals surface area contributed by atoms with Crippen molar-refractivity contribution in [3.05, 3.63) is 29.8 Å². The van der Waals surface area contributed by atoms with Crippen LogP contribution in [0.25, 0.3) is 0 Å². The molecule has 0 amide bonds. The van der Waals surface area contributed by atoms with Crippen LogP contribution in [0.2, 0.25) is 0 Å². The number of hydrogen-bond acceptors (Lipinski definition) is 3. The molecular weight excluding hydrogens is 254 g/mol. The molecule has 1 aromatic rings. The van der Waals surface area contributed by atoms with Crippen molar-refractivity contribution in [1.82, 2.24) is 4.31 Å². The Morgan fingerprint density at radius 1 is 1.35 bits per heavy atom. The van der Waals surface area contributed by atoms with E-state index in [1.54, 1.807) is 19.2 Å². The average molecular weight is 271 g/mol. The smallest absolute Gasteiger partial charge is 0.207 e. The van der Waals surface area contributed by atoms with E-state index in [1.165, 1.54) is 4.31 Å². The monoisotopic (exact) mass is 271 g/mol. The maximum atomic E-state index is 12.5. The summed E-state index contributed by atoms with van der Waals surface area (Å²) in [6.07, 6.45) is 0.951. The van der Waals surface area contributed by atoms with Crippen LogP contribution in [-0.2, 0) is 10.0 Å². The fourth-order valence-corrected chi connectivity index (χ4v) is 4.98. The van der Waals surface area contributed by atoms with E-state index in [0.29, 0.717) is 4.90 Å². The number of hydrogen-bond donors (Lipinski definition) is 0. The summed E-state index contributed by atoms with van der Waals surface area (Å²) in [5, 5.41) is 0. The summed E-state index contributed by atoms with van der Waals surface area (Å²) < 4.78 is 26.5. The lowest BCUT2D eigenvalue weighted by Gasteiger charge is -2.23. The van der Waals surface area contributed by atoms with E-state index in [0.717, 1.165) is 23.5 Å². The summed E-state index contributed by atoms with van der Waals surface area (Å²) in [5.74, 6) is 1.96. The molecule has 3 nitrogen and oxygen atoms in total. The summed E-state index contributed by atoms with van der Waals surface area (Å²) in [7, 11) is -1.64. The molecule has 0 saturated carbocycles. The van der Waals surface area contributed by atoms with Gasteiger partial charge in [-0.05, 0) is 30.7 Å². The van der Waals surface area contributed by atoms with Gasteiger partial charge in [0.05, 0.1) is 4.90 Å². The van der Waals surface area contributed by atoms with Crippen LogP contribution in [0.4, 0.5) is 0 Å². The van der Waals surface area contributed by atoms with Gasteiger partial charge in [0.25, 0.3) is 0 Å². The molecule has 1 fully saturated rings. The van der Waals surface area contributed by atoms with E-state index in [4.69, 9.17) is 0 Å². The summed E-state index contributed by atoms with van der Waals surface area (Å²) in [5.41, 5.74) is 0.810. The first-order valence-electron chi connectivity index (χ1n) is 5.65. The molecule has 1 heterocycles. The molecule has 0 aliphatic carbocycles. The zero-order chi connectivity index (χ0) is 12.5. The highest BCUT2D eigenvalue weighted by Crippen LogP contribution is 2.27. The summed E-state index contributed by atoms with van der Waals surface area (Å²) in [6, 6.07) is 7.30. The van der Waals surface area contributed by atoms with Crippen molar-refractivity contribution in [2.45, 2.75) is 24.3 Å². The van der Waals surface area contributed by atoms with Crippen LogP contribution in [-0.4, -0.2) is 37.3 Å². The second-order valence-corrected chi connectivity index (χ2v) is 7.42. The lowest BCUT2D eigenvalue weighted by Crippen LogP contribution is -2.37. The number of sulfonamides is 1. The molecule has 94 valence electrons. The zero-order valence-electron chi connectivity index (χ0n) is 10.1. The van der Waals surface area contributed by atoms with Gasteiger partial charge in [0.2, 0.25) is 10.0 Å². The van der Waals surface area contributed by atoms with Crippen LogP contribution in [0.1, 0.15) is 12.0 Å². The van der Waals surface area contributed by atoms with Gasteiger partial charge in [-0.3, -0.25) is 0 Å². The average Bonchev–Trinajstić information content (AvgIpc) is 2.81. The topological polar surface area (TPSA) is 37.4 Å². The molecule has 0 radical (unpaired) electrons. The van der Waals surface area contributed by atoms with E-state index >= 15 is 0 Å². The molecule has 1 aromatic carbocycles. The third kappa shape index (κ3) is 2.51. The van der Waals surface area contributed by atoms with Crippen LogP contribution >= 0.6 is 11.8 Å². The molecule has 1 unspecified atom stereocenters. The number of benzene rings is 1. The zero-order valence-corrected chi connectivity index (χ0v) is 11.7. The molecule has 1 atom stereocenters. The van der Waals surface area contributed by atoms with Crippen molar-refractivity contribution < 1.29 is 8.42 Å². The van der Waals surface area contributed by atoms with Gasteiger partial charge in [-0.25, -0.2) is 8.42 Å². The molecule has 1 aliphatic rings. The van der Waals surface area contributed by atoms with Gasteiger partial charge in [-0.15, -0.1) is 0 Å². The maximum Gasteiger partial charge on any atom is 0.243 e. The SMILES string of the molecule is Cc1ccccc1S(=O)(=O)N(C)C1CCSC1. The normalized spacial score (nSPS) is 21.0. The van der Waals surface area contributed by atoms with E-state index in [9.17, 15) is 8.42 Å². The maximum absolute atomic E-state index is 12.5. The van der Waals surface area contributed by atoms with Crippen molar-refractivity contribution >= 4 is 21.8 Å². The lowest BCUT2D eigenvalue weighted by atomic mass is 10.2. The number of rotatable bonds is 3. The number of aryl methyl sites for hydroxylation is 1. The fourth-order valence-electron chi connectivity index (χ4n) is 2.01. The van der Waals surface area contributed by atoms with Crippen LogP contribution in [0.5, 0.6) is 0 Å². The second kappa shape index (κ2) is 5.00. The third-order valence-electron chi connectivity index (χ3n) is 3.17. The Hall–Kier alpha value is -0.520. The van der Waals surface area contributed by atoms with Crippen molar-refractivity contribution in [3.63, 3.8) is 0 Å². The number of nitrogens with zero attached hydrogens (tertiary/aromatic N) is 1. The molecule has 0 bridgehead atoms. The molecule has 5 heteroatoms. The Bertz CT molecular complexity index is 493. The summed E-state index contributed by atoms with van der Waals surface area (Å²) in [6.45, 7) is 1.84. The first-order valence-corrected chi connectivity index (χ1v) is 8.24. The molecule has 0 spiro atoms. The minimum Gasteiger partial charge on any atom is -0.207 e. The van der Waals surface area contributed by atoms with E-state index in [-0.39, 0.29) is 6.04 Å². The first kappa shape index (κ1) is 12.9. The van der Waals surface area contributed by atoms with Crippen molar-refractivity contribution in [2.24, 2.45) is 0 Å². The molecule has 0 N–H and O–H groups in total. The molecule has 0 aromatic heterocycles. The van der Waals surface area contributed by atoms with Crippen molar-refractivity contribution in [1.29, 1.82) is 0 Å². The predicted molar refractivity (Wildman–Crippen MR) is 71.9 cm³/mol. The van der Waals surface area contributed by atoms with Gasteiger partial charge in [-0.2, -0.15) is 16.1 Å². The van der Waals surface area contributed by atoms with Gasteiger partial charge in [0.15, 0.2) is 0 Å². The third-order valence-corrected chi connectivity index (χ3v) is 6.39. The summed E-state index contributed by atoms with van der Waals surface area (Å²) in [4.78, 5) is 0.430. The van der Waals surface area contributed by atoms with Gasteiger partial charge in [-0.1, -0.05) is 18.2 Å². The van der Waals surface area contributed by atoms with Gasteiger partial charge in [0.1, 0.15) is 0 Å². The Kier molecular flexibility index (Phi) is 3.80. The highest BCUT2D eigenvalue weighted by atomic mass is 32.2. The number of thioether (sulfide) groups is 1. The molecule has 1 aliphatic heterocycles. The second-order valence-electron chi connectivity index (χ2n) is 4.30. The molecule has 2 rings (SSSR count). The van der Waals surface area contributed by atoms with Gasteiger partial charge < -0.3 is 0 Å². The highest BCUT2D eigenvalue weighted by Gasteiger charge is 2.30. The predicted octanol–water partition coefficient (Wildman–Crippen LogP) is 2.12. The van der Waals surface area contributed by atoms with E-state index in [1.807, 2.05) is 30.8 Å². The van der Waals surface area contributed by atoms with E-state index < -0.39 is 10.0 Å². The van der Waals surface area contributed by atoms with Crippen LogP contribution in [0.15, 0.2) is 29.2 Å². The molecular formula is C12H17NO2S2. The lowest BCUT2D eigenvalue weighted by molar-refractivity contribution is 0.394. The summed E-state index contributed by atoms with van der Waals surface area (Å²) >= 11 is 1.82. The van der Waals surface area contributed by atoms with Gasteiger partial charge in [0, 0.05) is 18.8 Å². The Labute approximate surface area is 107 Å². The quantitative estimate of drug-likeness (QED) is 0.845.